The summed E-state index contributed by atoms with van der Waals surface area (Å²) in [4.78, 5) is 15.0. The van der Waals surface area contributed by atoms with E-state index in [2.05, 4.69) is 10.3 Å². The summed E-state index contributed by atoms with van der Waals surface area (Å²) in [5, 5.41) is 12.0. The van der Waals surface area contributed by atoms with Crippen molar-refractivity contribution in [3.05, 3.63) is 58.0 Å². The van der Waals surface area contributed by atoms with Crippen molar-refractivity contribution in [1.82, 2.24) is 4.98 Å². The zero-order chi connectivity index (χ0) is 14.7. The fourth-order valence-electron chi connectivity index (χ4n) is 1.73. The number of nitrogens with zero attached hydrogens (tertiary/aromatic N) is 1. The van der Waals surface area contributed by atoms with Gasteiger partial charge in [-0.3, -0.25) is 0 Å². The van der Waals surface area contributed by atoms with Gasteiger partial charge >= 0.3 is 5.97 Å². The fraction of sp³-hybridized carbons (Fsp3) is 0.143. The first-order chi connectivity index (χ1) is 9.47. The first-order valence-corrected chi connectivity index (χ1v) is 6.24. The molecule has 104 valence electrons. The summed E-state index contributed by atoms with van der Waals surface area (Å²) < 4.78 is 13.0. The van der Waals surface area contributed by atoms with Gasteiger partial charge in [0.25, 0.3) is 0 Å². The Balaban J connectivity index is 2.09. The molecule has 2 N–H and O–H groups in total. The number of anilines is 1. The molecule has 0 bridgehead atoms. The van der Waals surface area contributed by atoms with Gasteiger partial charge in [-0.2, -0.15) is 0 Å². The number of aryl methyl sites for hydroxylation is 1. The highest BCUT2D eigenvalue weighted by molar-refractivity contribution is 6.30. The Hall–Kier alpha value is -2.14. The Morgan fingerprint density at radius 3 is 2.75 bits per heavy atom. The molecule has 0 amide bonds. The number of hydrogen-bond acceptors (Lipinski definition) is 3. The van der Waals surface area contributed by atoms with E-state index in [0.717, 1.165) is 5.56 Å². The van der Waals surface area contributed by atoms with E-state index >= 15 is 0 Å². The summed E-state index contributed by atoms with van der Waals surface area (Å²) in [6.07, 6.45) is 0. The van der Waals surface area contributed by atoms with E-state index in [1.807, 2.05) is 0 Å². The maximum Gasteiger partial charge on any atom is 0.337 e. The summed E-state index contributed by atoms with van der Waals surface area (Å²) >= 11 is 5.69. The molecule has 1 aromatic heterocycles. The summed E-state index contributed by atoms with van der Waals surface area (Å²) in [6, 6.07) is 7.52. The number of hydrogen-bond donors (Lipinski definition) is 2. The van der Waals surface area contributed by atoms with Gasteiger partial charge in [-0.1, -0.05) is 17.7 Å². The van der Waals surface area contributed by atoms with Gasteiger partial charge < -0.3 is 10.4 Å². The molecule has 6 heteroatoms. The van der Waals surface area contributed by atoms with E-state index < -0.39 is 11.8 Å². The molecule has 0 saturated carbocycles. The van der Waals surface area contributed by atoms with Gasteiger partial charge in [-0.25, -0.2) is 14.2 Å². The molecular formula is C14H12ClFN2O2. The summed E-state index contributed by atoms with van der Waals surface area (Å²) in [7, 11) is 0. The topological polar surface area (TPSA) is 62.2 Å². The van der Waals surface area contributed by atoms with Crippen LogP contribution in [0.2, 0.25) is 5.02 Å². The van der Waals surface area contributed by atoms with Crippen LogP contribution in [0.1, 0.15) is 21.6 Å². The number of halogens is 2. The Bertz CT molecular complexity index is 662. The summed E-state index contributed by atoms with van der Waals surface area (Å²) in [5.74, 6) is -0.921. The number of aromatic carboxylic acids is 1. The highest BCUT2D eigenvalue weighted by Crippen LogP contribution is 2.17. The molecule has 0 aliphatic rings. The number of pyridine rings is 1. The third-order valence-electron chi connectivity index (χ3n) is 2.77. The third kappa shape index (κ3) is 3.24. The molecule has 2 aromatic rings. The maximum atomic E-state index is 13.0. The molecule has 0 saturated heterocycles. The molecule has 0 aliphatic heterocycles. The summed E-state index contributed by atoms with van der Waals surface area (Å²) in [5.41, 5.74) is 1.40. The van der Waals surface area contributed by atoms with Gasteiger partial charge in [-0.05, 0) is 36.8 Å². The second kappa shape index (κ2) is 5.88. The monoisotopic (exact) mass is 294 g/mol. The van der Waals surface area contributed by atoms with E-state index in [0.29, 0.717) is 18.1 Å². The van der Waals surface area contributed by atoms with Gasteiger partial charge in [0, 0.05) is 6.54 Å². The van der Waals surface area contributed by atoms with Gasteiger partial charge in [0.05, 0.1) is 16.3 Å². The van der Waals surface area contributed by atoms with Gasteiger partial charge in [0.2, 0.25) is 0 Å². The molecule has 1 heterocycles. The minimum Gasteiger partial charge on any atom is -0.478 e. The lowest BCUT2D eigenvalue weighted by Gasteiger charge is -2.08. The Morgan fingerprint density at radius 1 is 1.40 bits per heavy atom. The number of carbonyl (C=O) groups is 1. The Morgan fingerprint density at radius 2 is 2.15 bits per heavy atom. The van der Waals surface area contributed by atoms with E-state index in [4.69, 9.17) is 16.7 Å². The Kier molecular flexibility index (Phi) is 4.20. The minimum absolute atomic E-state index is 0.0645. The first kappa shape index (κ1) is 14.3. The van der Waals surface area contributed by atoms with Gasteiger partial charge in [0.15, 0.2) is 0 Å². The number of carboxylic acids is 1. The van der Waals surface area contributed by atoms with Gasteiger partial charge in [0.1, 0.15) is 11.6 Å². The molecule has 0 aliphatic carbocycles. The van der Waals surface area contributed by atoms with Crippen LogP contribution in [0.4, 0.5) is 10.2 Å². The number of nitrogens with one attached hydrogen (secondary N) is 1. The van der Waals surface area contributed by atoms with Crippen LogP contribution in [-0.2, 0) is 6.54 Å². The van der Waals surface area contributed by atoms with Crippen LogP contribution in [0.3, 0.4) is 0 Å². The minimum atomic E-state index is -1.01. The van der Waals surface area contributed by atoms with Crippen molar-refractivity contribution in [3.63, 3.8) is 0 Å². The van der Waals surface area contributed by atoms with Crippen LogP contribution >= 0.6 is 11.6 Å². The normalized spacial score (nSPS) is 10.3. The predicted octanol–water partition coefficient (Wildman–Crippen LogP) is 3.49. The molecule has 0 fully saturated rings. The highest BCUT2D eigenvalue weighted by Gasteiger charge is 2.08. The van der Waals surface area contributed by atoms with Crippen molar-refractivity contribution in [1.29, 1.82) is 0 Å². The van der Waals surface area contributed by atoms with Crippen LogP contribution in [-0.4, -0.2) is 16.1 Å². The Labute approximate surface area is 120 Å². The molecule has 0 atom stereocenters. The van der Waals surface area contributed by atoms with Crippen LogP contribution < -0.4 is 5.32 Å². The first-order valence-electron chi connectivity index (χ1n) is 5.86. The lowest BCUT2D eigenvalue weighted by Crippen LogP contribution is -2.06. The second-order valence-corrected chi connectivity index (χ2v) is 4.64. The molecule has 2 rings (SSSR count). The van der Waals surface area contributed by atoms with Crippen molar-refractivity contribution in [2.75, 3.05) is 5.32 Å². The van der Waals surface area contributed by atoms with Crippen LogP contribution in [0.15, 0.2) is 30.3 Å². The molecule has 1 aromatic carbocycles. The average molecular weight is 295 g/mol. The predicted molar refractivity (Wildman–Crippen MR) is 74.7 cm³/mol. The number of benzene rings is 1. The van der Waals surface area contributed by atoms with Crippen LogP contribution in [0, 0.1) is 12.7 Å². The molecule has 20 heavy (non-hydrogen) atoms. The van der Waals surface area contributed by atoms with Crippen molar-refractivity contribution >= 4 is 23.4 Å². The molecular weight excluding hydrogens is 283 g/mol. The SMILES string of the molecule is Cc1nc(NCc2ccc(F)c(Cl)c2)ccc1C(=O)O. The molecule has 0 spiro atoms. The largest absolute Gasteiger partial charge is 0.478 e. The van der Waals surface area contributed by atoms with E-state index in [1.165, 1.54) is 18.2 Å². The summed E-state index contributed by atoms with van der Waals surface area (Å²) in [6.45, 7) is 2.04. The lowest BCUT2D eigenvalue weighted by atomic mass is 10.2. The number of carboxylic acid groups (broad SMARTS) is 1. The molecule has 4 nitrogen and oxygen atoms in total. The van der Waals surface area contributed by atoms with E-state index in [9.17, 15) is 9.18 Å². The lowest BCUT2D eigenvalue weighted by molar-refractivity contribution is 0.0695. The van der Waals surface area contributed by atoms with Crippen molar-refractivity contribution in [3.8, 4) is 0 Å². The quantitative estimate of drug-likeness (QED) is 0.906. The van der Waals surface area contributed by atoms with Crippen molar-refractivity contribution in [2.24, 2.45) is 0 Å². The number of aromatic nitrogens is 1. The van der Waals surface area contributed by atoms with E-state index in [1.54, 1.807) is 19.1 Å². The van der Waals surface area contributed by atoms with Crippen LogP contribution in [0.25, 0.3) is 0 Å². The maximum absolute atomic E-state index is 13.0. The highest BCUT2D eigenvalue weighted by atomic mass is 35.5. The van der Waals surface area contributed by atoms with E-state index in [-0.39, 0.29) is 10.6 Å². The zero-order valence-corrected chi connectivity index (χ0v) is 11.4. The van der Waals surface area contributed by atoms with Crippen molar-refractivity contribution in [2.45, 2.75) is 13.5 Å². The standard InChI is InChI=1S/C14H12ClFN2O2/c1-8-10(14(19)20)3-5-13(18-8)17-7-9-2-4-12(16)11(15)6-9/h2-6H,7H2,1H3,(H,17,18)(H,19,20). The smallest absolute Gasteiger partial charge is 0.337 e. The van der Waals surface area contributed by atoms with Crippen LogP contribution in [0.5, 0.6) is 0 Å². The average Bonchev–Trinajstić information content (AvgIpc) is 2.40. The third-order valence-corrected chi connectivity index (χ3v) is 3.06. The molecule has 0 radical (unpaired) electrons. The molecule has 0 unspecified atom stereocenters. The number of rotatable bonds is 4. The van der Waals surface area contributed by atoms with Crippen molar-refractivity contribution < 1.29 is 14.3 Å². The second-order valence-electron chi connectivity index (χ2n) is 4.24. The van der Waals surface area contributed by atoms with Gasteiger partial charge in [-0.15, -0.1) is 0 Å². The fourth-order valence-corrected chi connectivity index (χ4v) is 1.93. The zero-order valence-electron chi connectivity index (χ0n) is 10.7.